The highest BCUT2D eigenvalue weighted by atomic mass is 28.3. The Hall–Kier alpha value is -0.123. The van der Waals surface area contributed by atoms with E-state index in [0.29, 0.717) is 5.04 Å². The van der Waals surface area contributed by atoms with Gasteiger partial charge in [0.05, 0.1) is 0 Å². The molecule has 0 atom stereocenters. The Labute approximate surface area is 109 Å². The molecule has 0 spiro atoms. The third-order valence-corrected chi connectivity index (χ3v) is 10.3. The lowest BCUT2D eigenvalue weighted by Crippen LogP contribution is -2.61. The van der Waals surface area contributed by atoms with Gasteiger partial charge in [-0.15, -0.1) is 0 Å². The Morgan fingerprint density at radius 1 is 1.06 bits per heavy atom. The van der Waals surface area contributed by atoms with E-state index >= 15 is 0 Å². The first kappa shape index (κ1) is 14.9. The van der Waals surface area contributed by atoms with E-state index < -0.39 is 8.24 Å². The van der Waals surface area contributed by atoms with Gasteiger partial charge in [-0.25, -0.2) is 0 Å². The molecule has 1 aliphatic rings. The molecule has 0 aromatic carbocycles. The molecule has 0 aliphatic carbocycles. The largest absolute Gasteiger partial charge is 0.321 e. The summed E-state index contributed by atoms with van der Waals surface area (Å²) in [7, 11) is -1.28. The van der Waals surface area contributed by atoms with Crippen LogP contribution in [0.2, 0.25) is 18.1 Å². The van der Waals surface area contributed by atoms with Crippen molar-refractivity contribution in [2.45, 2.75) is 45.8 Å². The molecule has 3 heteroatoms. The van der Waals surface area contributed by atoms with Gasteiger partial charge in [0.1, 0.15) is 8.24 Å². The molecule has 0 N–H and O–H groups in total. The van der Waals surface area contributed by atoms with Crippen LogP contribution in [0, 0.1) is 0 Å². The molecule has 2 nitrogen and oxygen atoms in total. The van der Waals surface area contributed by atoms with Gasteiger partial charge in [-0.1, -0.05) is 46.0 Å². The zero-order chi connectivity index (χ0) is 13.1. The fourth-order valence-corrected chi connectivity index (χ4v) is 4.49. The minimum atomic E-state index is -1.28. The van der Waals surface area contributed by atoms with Gasteiger partial charge in [0.25, 0.3) is 0 Å². The van der Waals surface area contributed by atoms with Crippen LogP contribution in [0.3, 0.4) is 0 Å². The first-order chi connectivity index (χ1) is 7.79. The van der Waals surface area contributed by atoms with Crippen LogP contribution in [-0.4, -0.2) is 50.4 Å². The Kier molecular flexibility index (Phi) is 4.99. The Balaban J connectivity index is 2.52. The van der Waals surface area contributed by atoms with E-state index in [4.69, 9.17) is 0 Å². The van der Waals surface area contributed by atoms with Crippen molar-refractivity contribution in [3.63, 3.8) is 0 Å². The Bertz CT molecular complexity index is 258. The number of allylic oxidation sites excluding steroid dienone is 1. The zero-order valence-corrected chi connectivity index (χ0v) is 13.6. The number of hydrogen-bond acceptors (Lipinski definition) is 2. The standard InChI is InChI=1S/C14H30N2Si/c1-7-8-9-15-10-12-16(13-11-15)17(5,6)14(2,3)4/h7-8H,9-13H2,1-6H3. The molecule has 1 heterocycles. The maximum atomic E-state index is 2.79. The van der Waals surface area contributed by atoms with Crippen molar-refractivity contribution < 1.29 is 0 Å². The van der Waals surface area contributed by atoms with Crippen molar-refractivity contribution in [1.82, 2.24) is 9.47 Å². The maximum Gasteiger partial charge on any atom is 0.127 e. The molecular weight excluding hydrogens is 224 g/mol. The van der Waals surface area contributed by atoms with Crippen LogP contribution in [0.15, 0.2) is 12.2 Å². The summed E-state index contributed by atoms with van der Waals surface area (Å²) < 4.78 is 2.79. The monoisotopic (exact) mass is 254 g/mol. The second-order valence-corrected chi connectivity index (χ2v) is 11.9. The summed E-state index contributed by atoms with van der Waals surface area (Å²) in [6.07, 6.45) is 4.42. The summed E-state index contributed by atoms with van der Waals surface area (Å²) >= 11 is 0. The van der Waals surface area contributed by atoms with Crippen molar-refractivity contribution in [3.05, 3.63) is 12.2 Å². The third-order valence-electron chi connectivity index (χ3n) is 4.60. The van der Waals surface area contributed by atoms with Crippen molar-refractivity contribution in [1.29, 1.82) is 0 Å². The van der Waals surface area contributed by atoms with Crippen molar-refractivity contribution >= 4 is 8.24 Å². The molecule has 0 unspecified atom stereocenters. The lowest BCUT2D eigenvalue weighted by Gasteiger charge is -2.49. The molecule has 0 bridgehead atoms. The summed E-state index contributed by atoms with van der Waals surface area (Å²) in [6.45, 7) is 20.5. The molecule has 1 fully saturated rings. The van der Waals surface area contributed by atoms with Crippen LogP contribution in [0.4, 0.5) is 0 Å². The topological polar surface area (TPSA) is 6.48 Å². The summed E-state index contributed by atoms with van der Waals surface area (Å²) in [4.78, 5) is 2.56. The van der Waals surface area contributed by atoms with E-state index in [2.05, 4.69) is 62.4 Å². The van der Waals surface area contributed by atoms with E-state index in [1.807, 2.05) is 0 Å². The van der Waals surface area contributed by atoms with Gasteiger partial charge in [-0.05, 0) is 12.0 Å². The lowest BCUT2D eigenvalue weighted by molar-refractivity contribution is 0.195. The second-order valence-electron chi connectivity index (χ2n) is 6.67. The van der Waals surface area contributed by atoms with Crippen LogP contribution in [-0.2, 0) is 0 Å². The molecule has 1 saturated heterocycles. The van der Waals surface area contributed by atoms with Gasteiger partial charge in [-0.2, -0.15) is 0 Å². The van der Waals surface area contributed by atoms with E-state index in [-0.39, 0.29) is 0 Å². The minimum Gasteiger partial charge on any atom is -0.321 e. The van der Waals surface area contributed by atoms with Gasteiger partial charge in [0.2, 0.25) is 0 Å². The molecule has 1 rings (SSSR count). The van der Waals surface area contributed by atoms with Crippen LogP contribution < -0.4 is 0 Å². The first-order valence-electron chi connectivity index (χ1n) is 6.87. The number of piperazine rings is 1. The van der Waals surface area contributed by atoms with Crippen LogP contribution >= 0.6 is 0 Å². The average Bonchev–Trinajstić information content (AvgIpc) is 2.25. The third kappa shape index (κ3) is 3.67. The summed E-state index contributed by atoms with van der Waals surface area (Å²) in [5.74, 6) is 0. The highest BCUT2D eigenvalue weighted by Gasteiger charge is 2.41. The van der Waals surface area contributed by atoms with Crippen molar-refractivity contribution in [2.75, 3.05) is 32.7 Å². The van der Waals surface area contributed by atoms with Crippen LogP contribution in [0.25, 0.3) is 0 Å². The van der Waals surface area contributed by atoms with Gasteiger partial charge < -0.3 is 4.57 Å². The number of hydrogen-bond donors (Lipinski definition) is 0. The normalized spacial score (nSPS) is 21.3. The maximum absolute atomic E-state index is 2.79. The molecule has 0 aromatic heterocycles. The fourth-order valence-electron chi connectivity index (χ4n) is 2.22. The van der Waals surface area contributed by atoms with Gasteiger partial charge in [0.15, 0.2) is 0 Å². The summed E-state index contributed by atoms with van der Waals surface area (Å²) in [5, 5.41) is 0.471. The molecule has 100 valence electrons. The van der Waals surface area contributed by atoms with Gasteiger partial charge >= 0.3 is 0 Å². The molecule has 0 radical (unpaired) electrons. The molecule has 0 saturated carbocycles. The minimum absolute atomic E-state index is 0.471. The second kappa shape index (κ2) is 5.68. The number of rotatable bonds is 3. The Morgan fingerprint density at radius 2 is 1.59 bits per heavy atom. The highest BCUT2D eigenvalue weighted by molar-refractivity contribution is 6.77. The van der Waals surface area contributed by atoms with E-state index in [0.717, 1.165) is 6.54 Å². The number of nitrogens with zero attached hydrogens (tertiary/aromatic N) is 2. The summed E-state index contributed by atoms with van der Waals surface area (Å²) in [6, 6.07) is 0. The fraction of sp³-hybridized carbons (Fsp3) is 0.857. The van der Waals surface area contributed by atoms with Crippen molar-refractivity contribution in [3.8, 4) is 0 Å². The smallest absolute Gasteiger partial charge is 0.127 e. The molecule has 0 amide bonds. The Morgan fingerprint density at radius 3 is 2.00 bits per heavy atom. The molecule has 0 aromatic rings. The predicted molar refractivity (Wildman–Crippen MR) is 80.0 cm³/mol. The van der Waals surface area contributed by atoms with Crippen molar-refractivity contribution in [2.24, 2.45) is 0 Å². The highest BCUT2D eigenvalue weighted by Crippen LogP contribution is 2.38. The van der Waals surface area contributed by atoms with Gasteiger partial charge in [-0.3, -0.25) is 4.90 Å². The van der Waals surface area contributed by atoms with Crippen LogP contribution in [0.5, 0.6) is 0 Å². The lowest BCUT2D eigenvalue weighted by atomic mass is 10.2. The zero-order valence-electron chi connectivity index (χ0n) is 12.6. The first-order valence-corrected chi connectivity index (χ1v) is 9.82. The van der Waals surface area contributed by atoms with E-state index in [9.17, 15) is 0 Å². The summed E-state index contributed by atoms with van der Waals surface area (Å²) in [5.41, 5.74) is 0. The van der Waals surface area contributed by atoms with Crippen LogP contribution in [0.1, 0.15) is 27.7 Å². The molecular formula is C14H30N2Si. The molecule has 1 aliphatic heterocycles. The quantitative estimate of drug-likeness (QED) is 0.564. The van der Waals surface area contributed by atoms with E-state index in [1.165, 1.54) is 26.2 Å². The predicted octanol–water partition coefficient (Wildman–Crippen LogP) is 3.19. The molecule has 17 heavy (non-hydrogen) atoms. The van der Waals surface area contributed by atoms with E-state index in [1.54, 1.807) is 0 Å². The average molecular weight is 254 g/mol. The SMILES string of the molecule is CC=CCN1CCN([Si](C)(C)C(C)(C)C)CC1. The van der Waals surface area contributed by atoms with Gasteiger partial charge in [0, 0.05) is 32.7 Å².